The Morgan fingerprint density at radius 1 is 0.800 bits per heavy atom. The maximum absolute atomic E-state index is 12.5. The van der Waals surface area contributed by atoms with Crippen molar-refractivity contribution >= 4 is 5.97 Å². The van der Waals surface area contributed by atoms with Crippen LogP contribution in [0.1, 0.15) is 56.7 Å². The first-order chi connectivity index (χ1) is 19.3. The lowest BCUT2D eigenvalue weighted by atomic mass is 9.85. The number of carbonyl (C=O) groups is 1. The van der Waals surface area contributed by atoms with Gasteiger partial charge in [0, 0.05) is 11.6 Å². The molecule has 0 amide bonds. The molecule has 0 saturated carbocycles. The van der Waals surface area contributed by atoms with Crippen molar-refractivity contribution in [3.05, 3.63) is 126 Å². The minimum absolute atomic E-state index is 0.0424. The van der Waals surface area contributed by atoms with Gasteiger partial charge in [0.2, 0.25) is 0 Å². The summed E-state index contributed by atoms with van der Waals surface area (Å²) in [5.41, 5.74) is 5.29. The average Bonchev–Trinajstić information content (AvgIpc) is 2.96. The number of hydrogen-bond donors (Lipinski definition) is 1. The molecule has 0 heterocycles. The lowest BCUT2D eigenvalue weighted by Crippen LogP contribution is -2.38. The van der Waals surface area contributed by atoms with E-state index in [9.17, 15) is 4.79 Å². The van der Waals surface area contributed by atoms with Crippen molar-refractivity contribution in [3.63, 3.8) is 0 Å². The Morgan fingerprint density at radius 2 is 1.40 bits per heavy atom. The minimum atomic E-state index is -0.507. The molecule has 4 aromatic rings. The van der Waals surface area contributed by atoms with Gasteiger partial charge in [0.05, 0.1) is 6.54 Å². The van der Waals surface area contributed by atoms with Gasteiger partial charge in [0.15, 0.2) is 0 Å². The van der Waals surface area contributed by atoms with E-state index in [0.29, 0.717) is 6.61 Å². The highest BCUT2D eigenvalue weighted by Gasteiger charge is 2.23. The Balaban J connectivity index is 1.61. The van der Waals surface area contributed by atoms with Crippen molar-refractivity contribution in [2.75, 3.05) is 6.54 Å². The van der Waals surface area contributed by atoms with Gasteiger partial charge < -0.3 is 14.8 Å². The third-order valence-corrected chi connectivity index (χ3v) is 6.93. The molecule has 0 saturated heterocycles. The molecule has 4 aromatic carbocycles. The number of benzene rings is 4. The molecule has 2 unspecified atom stereocenters. The summed E-state index contributed by atoms with van der Waals surface area (Å²) in [7, 11) is 0. The van der Waals surface area contributed by atoms with Crippen molar-refractivity contribution in [1.29, 1.82) is 0 Å². The van der Waals surface area contributed by atoms with Crippen molar-refractivity contribution in [1.82, 2.24) is 5.32 Å². The second-order valence-corrected chi connectivity index (χ2v) is 11.3. The van der Waals surface area contributed by atoms with Crippen LogP contribution >= 0.6 is 0 Å². The number of aryl methyl sites for hydroxylation is 1. The van der Waals surface area contributed by atoms with Crippen LogP contribution < -0.4 is 10.1 Å². The van der Waals surface area contributed by atoms with Crippen molar-refractivity contribution in [2.24, 2.45) is 0 Å². The van der Waals surface area contributed by atoms with Crippen LogP contribution in [-0.4, -0.2) is 24.2 Å². The normalized spacial score (nSPS) is 12.9. The van der Waals surface area contributed by atoms with Gasteiger partial charge in [-0.05, 0) is 74.8 Å². The fourth-order valence-electron chi connectivity index (χ4n) is 4.92. The Labute approximate surface area is 239 Å². The number of hydrogen-bond acceptors (Lipinski definition) is 4. The van der Waals surface area contributed by atoms with Gasteiger partial charge in [0.1, 0.15) is 18.0 Å². The van der Waals surface area contributed by atoms with Crippen molar-refractivity contribution in [2.45, 2.75) is 64.7 Å². The van der Waals surface area contributed by atoms with Crippen LogP contribution in [0.5, 0.6) is 5.75 Å². The van der Waals surface area contributed by atoms with E-state index in [2.05, 4.69) is 91.1 Å². The van der Waals surface area contributed by atoms with Crippen LogP contribution in [-0.2, 0) is 22.6 Å². The molecule has 4 heteroatoms. The lowest BCUT2D eigenvalue weighted by Gasteiger charge is -2.27. The molecule has 1 N–H and O–H groups in total. The van der Waals surface area contributed by atoms with E-state index < -0.39 is 5.60 Å². The summed E-state index contributed by atoms with van der Waals surface area (Å²) in [5.74, 6) is 0.774. The van der Waals surface area contributed by atoms with Gasteiger partial charge in [-0.2, -0.15) is 0 Å². The van der Waals surface area contributed by atoms with Crippen LogP contribution in [0.15, 0.2) is 109 Å². The zero-order chi connectivity index (χ0) is 28.4. The first kappa shape index (κ1) is 29.1. The first-order valence-electron chi connectivity index (χ1n) is 14.1. The molecule has 0 aromatic heterocycles. The van der Waals surface area contributed by atoms with E-state index in [4.69, 9.17) is 9.47 Å². The maximum atomic E-state index is 12.5. The molecular formula is C36H41NO3. The Bertz CT molecular complexity index is 1330. The molecule has 0 aliphatic rings. The summed E-state index contributed by atoms with van der Waals surface area (Å²) >= 11 is 0. The highest BCUT2D eigenvalue weighted by molar-refractivity contribution is 5.72. The fourth-order valence-corrected chi connectivity index (χ4v) is 4.92. The molecule has 0 radical (unpaired) electrons. The summed E-state index contributed by atoms with van der Waals surface area (Å²) in [5, 5.41) is 3.45. The monoisotopic (exact) mass is 535 g/mol. The largest absolute Gasteiger partial charge is 0.488 e. The maximum Gasteiger partial charge on any atom is 0.320 e. The molecule has 2 atom stereocenters. The van der Waals surface area contributed by atoms with Gasteiger partial charge in [-0.15, -0.1) is 0 Å². The van der Waals surface area contributed by atoms with E-state index in [-0.39, 0.29) is 24.5 Å². The quantitative estimate of drug-likeness (QED) is 0.187. The predicted octanol–water partition coefficient (Wildman–Crippen LogP) is 7.97. The smallest absolute Gasteiger partial charge is 0.320 e. The summed E-state index contributed by atoms with van der Waals surface area (Å²) < 4.78 is 12.0. The summed E-state index contributed by atoms with van der Waals surface area (Å²) in [6.07, 6.45) is 1.86. The third kappa shape index (κ3) is 8.82. The van der Waals surface area contributed by atoms with Crippen LogP contribution in [0.25, 0.3) is 11.1 Å². The fraction of sp³-hybridized carbons (Fsp3) is 0.306. The highest BCUT2D eigenvalue weighted by Crippen LogP contribution is 2.36. The second-order valence-electron chi connectivity index (χ2n) is 11.3. The molecule has 0 bridgehead atoms. The lowest BCUT2D eigenvalue weighted by molar-refractivity contribution is -0.153. The SMILES string of the molecule is CC(NCC(=O)OC(C)(C)C)C(CCc1ccccc1)c1ccc(-c2ccccc2)c(OCc2ccccc2)c1. The van der Waals surface area contributed by atoms with Gasteiger partial charge in [-0.1, -0.05) is 103 Å². The van der Waals surface area contributed by atoms with Crippen LogP contribution in [0.3, 0.4) is 0 Å². The standard InChI is InChI=1S/C36H41NO3/c1-27(37-25-35(38)40-36(2,3)4)32(22-20-28-14-8-5-9-15-28)31-21-23-33(30-18-12-7-13-19-30)34(24-31)39-26-29-16-10-6-11-17-29/h5-19,21,23-24,27,32,37H,20,22,25-26H2,1-4H3. The number of nitrogens with one attached hydrogen (secondary N) is 1. The zero-order valence-corrected chi connectivity index (χ0v) is 24.1. The molecule has 0 spiro atoms. The third-order valence-electron chi connectivity index (χ3n) is 6.93. The Morgan fingerprint density at radius 3 is 2.02 bits per heavy atom. The Kier molecular flexibility index (Phi) is 10.2. The van der Waals surface area contributed by atoms with Gasteiger partial charge in [0.25, 0.3) is 0 Å². The molecule has 0 aliphatic carbocycles. The van der Waals surface area contributed by atoms with Gasteiger partial charge >= 0.3 is 5.97 Å². The van der Waals surface area contributed by atoms with E-state index in [1.807, 2.05) is 51.1 Å². The van der Waals surface area contributed by atoms with E-state index in [1.165, 1.54) is 11.1 Å². The summed E-state index contributed by atoms with van der Waals surface area (Å²) in [6.45, 7) is 8.48. The molecule has 4 rings (SSSR count). The summed E-state index contributed by atoms with van der Waals surface area (Å²) in [6, 6.07) is 37.8. The highest BCUT2D eigenvalue weighted by atomic mass is 16.6. The number of carbonyl (C=O) groups excluding carboxylic acids is 1. The number of rotatable bonds is 12. The molecule has 40 heavy (non-hydrogen) atoms. The number of ether oxygens (including phenoxy) is 2. The van der Waals surface area contributed by atoms with Crippen LogP contribution in [0.2, 0.25) is 0 Å². The van der Waals surface area contributed by atoms with Crippen molar-refractivity contribution in [3.8, 4) is 16.9 Å². The molecule has 0 aliphatic heterocycles. The Hall–Kier alpha value is -3.89. The molecular weight excluding hydrogens is 494 g/mol. The van der Waals surface area contributed by atoms with Crippen LogP contribution in [0.4, 0.5) is 0 Å². The van der Waals surface area contributed by atoms with E-state index >= 15 is 0 Å². The van der Waals surface area contributed by atoms with Crippen LogP contribution in [0, 0.1) is 0 Å². The molecule has 0 fully saturated rings. The minimum Gasteiger partial charge on any atom is -0.488 e. The van der Waals surface area contributed by atoms with E-state index in [1.54, 1.807) is 0 Å². The second kappa shape index (κ2) is 14.0. The van der Waals surface area contributed by atoms with Gasteiger partial charge in [-0.3, -0.25) is 4.79 Å². The van der Waals surface area contributed by atoms with Gasteiger partial charge in [-0.25, -0.2) is 0 Å². The number of esters is 1. The topological polar surface area (TPSA) is 47.6 Å². The predicted molar refractivity (Wildman–Crippen MR) is 163 cm³/mol. The summed E-state index contributed by atoms with van der Waals surface area (Å²) in [4.78, 5) is 12.5. The first-order valence-corrected chi connectivity index (χ1v) is 14.1. The average molecular weight is 536 g/mol. The van der Waals surface area contributed by atoms with E-state index in [0.717, 1.165) is 35.3 Å². The molecule has 4 nitrogen and oxygen atoms in total. The van der Waals surface area contributed by atoms with Crippen molar-refractivity contribution < 1.29 is 14.3 Å². The molecule has 208 valence electrons. The zero-order valence-electron chi connectivity index (χ0n) is 24.1.